The van der Waals surface area contributed by atoms with Gasteiger partial charge in [0.2, 0.25) is 0 Å². The number of carbonyl (C=O) groups is 1. The van der Waals surface area contributed by atoms with Crippen LogP contribution >= 0.6 is 0 Å². The minimum Gasteiger partial charge on any atom is -0.462 e. The Hall–Kier alpha value is -1.05. The molecule has 0 radical (unpaired) electrons. The normalized spacial score (nSPS) is 10.5. The number of ether oxygens (including phenoxy) is 1. The maximum absolute atomic E-state index is 10.5. The van der Waals surface area contributed by atoms with Crippen LogP contribution in [-0.4, -0.2) is 12.6 Å². The SMILES string of the molecule is C=C(/C=C\COC(C)=O)CCCCCC. The van der Waals surface area contributed by atoms with Crippen LogP contribution in [0, 0.1) is 0 Å². The van der Waals surface area contributed by atoms with Crippen molar-refractivity contribution in [2.45, 2.75) is 46.0 Å². The van der Waals surface area contributed by atoms with Crippen LogP contribution in [0.15, 0.2) is 24.3 Å². The van der Waals surface area contributed by atoms with Gasteiger partial charge in [0.15, 0.2) is 0 Å². The lowest BCUT2D eigenvalue weighted by atomic mass is 10.1. The topological polar surface area (TPSA) is 26.3 Å². The lowest BCUT2D eigenvalue weighted by Crippen LogP contribution is -1.97. The van der Waals surface area contributed by atoms with Crippen molar-refractivity contribution in [1.29, 1.82) is 0 Å². The van der Waals surface area contributed by atoms with E-state index in [4.69, 9.17) is 4.74 Å². The molecule has 0 spiro atoms. The van der Waals surface area contributed by atoms with Crippen LogP contribution in [-0.2, 0) is 9.53 Å². The zero-order valence-electron chi connectivity index (χ0n) is 9.92. The van der Waals surface area contributed by atoms with Crippen LogP contribution in [0.2, 0.25) is 0 Å². The second kappa shape index (κ2) is 9.50. The monoisotopic (exact) mass is 210 g/mol. The Morgan fingerprint density at radius 2 is 2.07 bits per heavy atom. The van der Waals surface area contributed by atoms with E-state index in [1.165, 1.54) is 32.6 Å². The molecular weight excluding hydrogens is 188 g/mol. The Labute approximate surface area is 93.0 Å². The molecule has 0 amide bonds. The van der Waals surface area contributed by atoms with Crippen molar-refractivity contribution in [2.75, 3.05) is 6.61 Å². The molecule has 0 fully saturated rings. The summed E-state index contributed by atoms with van der Waals surface area (Å²) in [5.74, 6) is -0.242. The van der Waals surface area contributed by atoms with E-state index in [1.54, 1.807) is 0 Å². The molecule has 0 aromatic heterocycles. The van der Waals surface area contributed by atoms with E-state index in [9.17, 15) is 4.79 Å². The fraction of sp³-hybridized carbons (Fsp3) is 0.615. The van der Waals surface area contributed by atoms with E-state index in [1.807, 2.05) is 12.2 Å². The summed E-state index contributed by atoms with van der Waals surface area (Å²) in [4.78, 5) is 10.5. The van der Waals surface area contributed by atoms with E-state index in [2.05, 4.69) is 13.5 Å². The molecule has 0 saturated heterocycles. The minimum atomic E-state index is -0.242. The summed E-state index contributed by atoms with van der Waals surface area (Å²) >= 11 is 0. The summed E-state index contributed by atoms with van der Waals surface area (Å²) < 4.78 is 4.77. The number of rotatable bonds is 8. The van der Waals surface area contributed by atoms with Gasteiger partial charge in [-0.05, 0) is 18.9 Å². The zero-order chi connectivity index (χ0) is 11.5. The Balaban J connectivity index is 3.43. The van der Waals surface area contributed by atoms with Gasteiger partial charge in [0.25, 0.3) is 0 Å². The highest BCUT2D eigenvalue weighted by Gasteiger charge is 1.91. The van der Waals surface area contributed by atoms with Crippen LogP contribution in [0.1, 0.15) is 46.0 Å². The molecule has 0 aliphatic heterocycles. The highest BCUT2D eigenvalue weighted by Crippen LogP contribution is 2.09. The summed E-state index contributed by atoms with van der Waals surface area (Å²) in [5, 5.41) is 0. The number of unbranched alkanes of at least 4 members (excludes halogenated alkanes) is 3. The fourth-order valence-corrected chi connectivity index (χ4v) is 1.24. The van der Waals surface area contributed by atoms with Crippen LogP contribution in [0.25, 0.3) is 0 Å². The van der Waals surface area contributed by atoms with Gasteiger partial charge in [-0.3, -0.25) is 4.79 Å². The van der Waals surface area contributed by atoms with E-state index in [0.29, 0.717) is 6.61 Å². The van der Waals surface area contributed by atoms with Crippen molar-refractivity contribution in [3.63, 3.8) is 0 Å². The molecule has 0 unspecified atom stereocenters. The van der Waals surface area contributed by atoms with E-state index in [-0.39, 0.29) is 5.97 Å². The molecule has 0 aromatic rings. The molecule has 0 aliphatic carbocycles. The molecule has 0 N–H and O–H groups in total. The first-order valence-corrected chi connectivity index (χ1v) is 5.64. The van der Waals surface area contributed by atoms with Gasteiger partial charge in [-0.1, -0.05) is 44.4 Å². The van der Waals surface area contributed by atoms with Crippen LogP contribution in [0.4, 0.5) is 0 Å². The molecule has 0 bridgehead atoms. The number of esters is 1. The highest BCUT2D eigenvalue weighted by molar-refractivity contribution is 5.66. The summed E-state index contributed by atoms with van der Waals surface area (Å²) in [7, 11) is 0. The fourth-order valence-electron chi connectivity index (χ4n) is 1.24. The number of hydrogen-bond donors (Lipinski definition) is 0. The first kappa shape index (κ1) is 13.9. The summed E-state index contributed by atoms with van der Waals surface area (Å²) in [6, 6.07) is 0. The lowest BCUT2D eigenvalue weighted by Gasteiger charge is -2.00. The maximum atomic E-state index is 10.5. The molecule has 0 heterocycles. The average Bonchev–Trinajstić information content (AvgIpc) is 2.19. The molecule has 86 valence electrons. The second-order valence-corrected chi connectivity index (χ2v) is 3.67. The lowest BCUT2D eigenvalue weighted by molar-refractivity contribution is -0.139. The molecule has 0 aliphatic rings. The van der Waals surface area contributed by atoms with Gasteiger partial charge < -0.3 is 4.74 Å². The quantitative estimate of drug-likeness (QED) is 0.347. The third kappa shape index (κ3) is 10.9. The molecule has 2 nitrogen and oxygen atoms in total. The maximum Gasteiger partial charge on any atom is 0.302 e. The molecular formula is C13H22O2. The first-order valence-electron chi connectivity index (χ1n) is 5.64. The Kier molecular flexibility index (Phi) is 8.84. The predicted molar refractivity (Wildman–Crippen MR) is 63.7 cm³/mol. The van der Waals surface area contributed by atoms with Crippen LogP contribution < -0.4 is 0 Å². The smallest absolute Gasteiger partial charge is 0.302 e. The van der Waals surface area contributed by atoms with Gasteiger partial charge in [0, 0.05) is 6.92 Å². The van der Waals surface area contributed by atoms with Gasteiger partial charge in [0.1, 0.15) is 6.61 Å². The highest BCUT2D eigenvalue weighted by atomic mass is 16.5. The second-order valence-electron chi connectivity index (χ2n) is 3.67. The number of carbonyl (C=O) groups excluding carboxylic acids is 1. The van der Waals surface area contributed by atoms with E-state index >= 15 is 0 Å². The van der Waals surface area contributed by atoms with Gasteiger partial charge in [-0.25, -0.2) is 0 Å². The van der Waals surface area contributed by atoms with Crippen LogP contribution in [0.3, 0.4) is 0 Å². The summed E-state index contributed by atoms with van der Waals surface area (Å²) in [5.41, 5.74) is 1.11. The Morgan fingerprint density at radius 1 is 1.33 bits per heavy atom. The zero-order valence-corrected chi connectivity index (χ0v) is 9.92. The summed E-state index contributed by atoms with van der Waals surface area (Å²) in [6.45, 7) is 7.90. The third-order valence-corrected chi connectivity index (χ3v) is 2.09. The molecule has 0 atom stereocenters. The van der Waals surface area contributed by atoms with Crippen molar-refractivity contribution in [2.24, 2.45) is 0 Å². The van der Waals surface area contributed by atoms with Crippen molar-refractivity contribution in [3.05, 3.63) is 24.3 Å². The number of hydrogen-bond acceptors (Lipinski definition) is 2. The van der Waals surface area contributed by atoms with E-state index < -0.39 is 0 Å². The standard InChI is InChI=1S/C13H22O2/c1-4-5-6-7-9-12(2)10-8-11-15-13(3)14/h8,10H,2,4-7,9,11H2,1,3H3/b10-8-. The summed E-state index contributed by atoms with van der Waals surface area (Å²) in [6.07, 6.45) is 9.84. The molecule has 0 aromatic carbocycles. The molecule has 0 rings (SSSR count). The van der Waals surface area contributed by atoms with Gasteiger partial charge >= 0.3 is 5.97 Å². The van der Waals surface area contributed by atoms with Crippen molar-refractivity contribution in [1.82, 2.24) is 0 Å². The first-order chi connectivity index (χ1) is 7.16. The minimum absolute atomic E-state index is 0.242. The Bertz CT molecular complexity index is 217. The van der Waals surface area contributed by atoms with Gasteiger partial charge in [-0.15, -0.1) is 0 Å². The largest absolute Gasteiger partial charge is 0.462 e. The van der Waals surface area contributed by atoms with Gasteiger partial charge in [-0.2, -0.15) is 0 Å². The van der Waals surface area contributed by atoms with E-state index in [0.717, 1.165) is 12.0 Å². The Morgan fingerprint density at radius 3 is 2.67 bits per heavy atom. The predicted octanol–water partition coefficient (Wildman–Crippen LogP) is 3.63. The molecule has 2 heteroatoms. The third-order valence-electron chi connectivity index (χ3n) is 2.09. The van der Waals surface area contributed by atoms with Crippen molar-refractivity contribution >= 4 is 5.97 Å². The number of allylic oxidation sites excluding steroid dienone is 2. The van der Waals surface area contributed by atoms with Gasteiger partial charge in [0.05, 0.1) is 0 Å². The average molecular weight is 210 g/mol. The molecule has 0 saturated carbocycles. The van der Waals surface area contributed by atoms with Crippen molar-refractivity contribution in [3.8, 4) is 0 Å². The molecule has 15 heavy (non-hydrogen) atoms. The van der Waals surface area contributed by atoms with Crippen LogP contribution in [0.5, 0.6) is 0 Å². The van der Waals surface area contributed by atoms with Crippen molar-refractivity contribution < 1.29 is 9.53 Å².